The average Bonchev–Trinajstić information content (AvgIpc) is 3.19. The van der Waals surface area contributed by atoms with Gasteiger partial charge in [-0.15, -0.1) is 0 Å². The predicted octanol–water partition coefficient (Wildman–Crippen LogP) is 1.57. The summed E-state index contributed by atoms with van der Waals surface area (Å²) in [5, 5.41) is 20.1. The highest BCUT2D eigenvalue weighted by molar-refractivity contribution is 5.75. The Morgan fingerprint density at radius 3 is 2.74 bits per heavy atom. The van der Waals surface area contributed by atoms with E-state index in [9.17, 15) is 9.59 Å². The molecule has 0 aromatic heterocycles. The molecular formula is C13H21N3O3. The number of carbonyl (C=O) groups is 2. The molecule has 2 amide bonds. The number of nitrogens with one attached hydrogen (secondary N) is 1. The number of hydrogen-bond acceptors (Lipinski definition) is 3. The summed E-state index contributed by atoms with van der Waals surface area (Å²) in [5.74, 6) is -1.19. The summed E-state index contributed by atoms with van der Waals surface area (Å²) in [4.78, 5) is 24.2. The first-order valence-electron chi connectivity index (χ1n) is 6.70. The van der Waals surface area contributed by atoms with Crippen LogP contribution in [0.25, 0.3) is 0 Å². The molecule has 1 saturated carbocycles. The number of amides is 2. The van der Waals surface area contributed by atoms with Gasteiger partial charge in [-0.3, -0.25) is 4.79 Å². The van der Waals surface area contributed by atoms with E-state index in [2.05, 4.69) is 5.32 Å². The predicted molar refractivity (Wildman–Crippen MR) is 69.4 cm³/mol. The third-order valence-electron chi connectivity index (χ3n) is 3.22. The second-order valence-electron chi connectivity index (χ2n) is 4.95. The van der Waals surface area contributed by atoms with E-state index < -0.39 is 5.97 Å². The van der Waals surface area contributed by atoms with Gasteiger partial charge in [0, 0.05) is 19.1 Å². The Morgan fingerprint density at radius 2 is 2.21 bits per heavy atom. The first kappa shape index (κ1) is 15.3. The summed E-state index contributed by atoms with van der Waals surface area (Å²) in [5.41, 5.74) is 0. The van der Waals surface area contributed by atoms with Gasteiger partial charge in [0.2, 0.25) is 0 Å². The number of hydrogen-bond donors (Lipinski definition) is 2. The highest BCUT2D eigenvalue weighted by Crippen LogP contribution is 2.26. The zero-order valence-electron chi connectivity index (χ0n) is 11.3. The van der Waals surface area contributed by atoms with Crippen molar-refractivity contribution in [3.8, 4) is 6.07 Å². The first-order chi connectivity index (χ1) is 9.06. The van der Waals surface area contributed by atoms with E-state index in [0.29, 0.717) is 32.4 Å². The second kappa shape index (κ2) is 7.62. The molecule has 0 radical (unpaired) electrons. The first-order valence-corrected chi connectivity index (χ1v) is 6.70. The van der Waals surface area contributed by atoms with Gasteiger partial charge in [0.15, 0.2) is 0 Å². The molecule has 0 spiro atoms. The fourth-order valence-corrected chi connectivity index (χ4v) is 1.84. The summed E-state index contributed by atoms with van der Waals surface area (Å²) in [6.07, 6.45) is 3.57. The zero-order chi connectivity index (χ0) is 14.3. The Hall–Kier alpha value is -1.77. The largest absolute Gasteiger partial charge is 0.481 e. The van der Waals surface area contributed by atoms with Crippen molar-refractivity contribution in [2.45, 2.75) is 45.1 Å². The highest BCUT2D eigenvalue weighted by atomic mass is 16.4. The van der Waals surface area contributed by atoms with Crippen LogP contribution in [0.2, 0.25) is 0 Å². The topological polar surface area (TPSA) is 93.4 Å². The lowest BCUT2D eigenvalue weighted by Gasteiger charge is -2.21. The van der Waals surface area contributed by atoms with Crippen molar-refractivity contribution in [2.24, 2.45) is 5.92 Å². The van der Waals surface area contributed by atoms with Crippen LogP contribution in [0.3, 0.4) is 0 Å². The quantitative estimate of drug-likeness (QED) is 0.653. The van der Waals surface area contributed by atoms with Gasteiger partial charge in [-0.05, 0) is 25.7 Å². The van der Waals surface area contributed by atoms with Gasteiger partial charge in [0.05, 0.1) is 18.4 Å². The van der Waals surface area contributed by atoms with Crippen molar-refractivity contribution in [1.82, 2.24) is 10.2 Å². The SMILES string of the molecule is CC(CCCNC(=O)N(CCC#N)C1CC1)C(=O)O. The molecule has 19 heavy (non-hydrogen) atoms. The van der Waals surface area contributed by atoms with Gasteiger partial charge in [-0.1, -0.05) is 6.92 Å². The Balaban J connectivity index is 2.21. The van der Waals surface area contributed by atoms with E-state index >= 15 is 0 Å². The van der Waals surface area contributed by atoms with Gasteiger partial charge in [-0.25, -0.2) is 4.79 Å². The van der Waals surface area contributed by atoms with Crippen LogP contribution >= 0.6 is 0 Å². The molecule has 0 saturated heterocycles. The monoisotopic (exact) mass is 267 g/mol. The molecule has 1 unspecified atom stereocenters. The molecule has 6 nitrogen and oxygen atoms in total. The lowest BCUT2D eigenvalue weighted by Crippen LogP contribution is -2.42. The molecule has 1 aliphatic rings. The molecule has 106 valence electrons. The molecule has 0 aromatic rings. The van der Waals surface area contributed by atoms with Gasteiger partial charge in [0.1, 0.15) is 0 Å². The maximum Gasteiger partial charge on any atom is 0.317 e. The summed E-state index contributed by atoms with van der Waals surface area (Å²) < 4.78 is 0. The standard InChI is InChI=1S/C13H21N3O3/c1-10(12(17)18)4-2-8-15-13(19)16(9-3-7-14)11-5-6-11/h10-11H,2-6,8-9H2,1H3,(H,15,19)(H,17,18). The minimum absolute atomic E-state index is 0.138. The normalized spacial score (nSPS) is 15.4. The van der Waals surface area contributed by atoms with Crippen molar-refractivity contribution < 1.29 is 14.7 Å². The minimum Gasteiger partial charge on any atom is -0.481 e. The zero-order valence-corrected chi connectivity index (χ0v) is 11.3. The smallest absolute Gasteiger partial charge is 0.317 e. The number of rotatable bonds is 8. The van der Waals surface area contributed by atoms with Crippen molar-refractivity contribution in [3.05, 3.63) is 0 Å². The Kier molecular flexibility index (Phi) is 6.13. The summed E-state index contributed by atoms with van der Waals surface area (Å²) in [7, 11) is 0. The molecule has 0 heterocycles. The Labute approximate surface area is 113 Å². The van der Waals surface area contributed by atoms with Crippen LogP contribution < -0.4 is 5.32 Å². The van der Waals surface area contributed by atoms with E-state index in [1.165, 1.54) is 0 Å². The molecule has 1 atom stereocenters. The van der Waals surface area contributed by atoms with Crippen molar-refractivity contribution >= 4 is 12.0 Å². The van der Waals surface area contributed by atoms with E-state index in [0.717, 1.165) is 12.8 Å². The van der Waals surface area contributed by atoms with Crippen LogP contribution in [0.4, 0.5) is 4.79 Å². The third kappa shape index (κ3) is 5.60. The maximum absolute atomic E-state index is 11.9. The van der Waals surface area contributed by atoms with Gasteiger partial charge >= 0.3 is 12.0 Å². The number of aliphatic carboxylic acids is 1. The molecule has 0 aromatic carbocycles. The number of carboxylic acid groups (broad SMARTS) is 1. The third-order valence-corrected chi connectivity index (χ3v) is 3.22. The van der Waals surface area contributed by atoms with E-state index in [1.54, 1.807) is 11.8 Å². The van der Waals surface area contributed by atoms with Crippen LogP contribution in [-0.4, -0.2) is 41.1 Å². The lowest BCUT2D eigenvalue weighted by atomic mass is 10.1. The van der Waals surface area contributed by atoms with Crippen LogP contribution in [0, 0.1) is 17.2 Å². The van der Waals surface area contributed by atoms with Crippen LogP contribution in [-0.2, 0) is 4.79 Å². The van der Waals surface area contributed by atoms with Gasteiger partial charge < -0.3 is 15.3 Å². The second-order valence-corrected chi connectivity index (χ2v) is 4.95. The molecule has 0 aliphatic heterocycles. The number of nitriles is 1. The van der Waals surface area contributed by atoms with Crippen molar-refractivity contribution in [2.75, 3.05) is 13.1 Å². The molecule has 0 bridgehead atoms. The van der Waals surface area contributed by atoms with Crippen LogP contribution in [0.15, 0.2) is 0 Å². The Morgan fingerprint density at radius 1 is 1.53 bits per heavy atom. The van der Waals surface area contributed by atoms with E-state index in [4.69, 9.17) is 10.4 Å². The van der Waals surface area contributed by atoms with Crippen LogP contribution in [0.1, 0.15) is 39.0 Å². The lowest BCUT2D eigenvalue weighted by molar-refractivity contribution is -0.141. The highest BCUT2D eigenvalue weighted by Gasteiger charge is 2.31. The minimum atomic E-state index is -0.806. The molecule has 1 fully saturated rings. The van der Waals surface area contributed by atoms with E-state index in [1.807, 2.05) is 6.07 Å². The van der Waals surface area contributed by atoms with Crippen molar-refractivity contribution in [1.29, 1.82) is 5.26 Å². The van der Waals surface area contributed by atoms with Crippen LogP contribution in [0.5, 0.6) is 0 Å². The molecule has 6 heteroatoms. The maximum atomic E-state index is 11.9. The fraction of sp³-hybridized carbons (Fsp3) is 0.769. The number of carboxylic acids is 1. The van der Waals surface area contributed by atoms with E-state index in [-0.39, 0.29) is 18.0 Å². The molecular weight excluding hydrogens is 246 g/mol. The summed E-state index contributed by atoms with van der Waals surface area (Å²) >= 11 is 0. The summed E-state index contributed by atoms with van der Waals surface area (Å²) in [6.45, 7) is 2.61. The van der Waals surface area contributed by atoms with Crippen molar-refractivity contribution in [3.63, 3.8) is 0 Å². The molecule has 2 N–H and O–H groups in total. The van der Waals surface area contributed by atoms with Gasteiger partial charge in [0.25, 0.3) is 0 Å². The molecule has 1 aliphatic carbocycles. The average molecular weight is 267 g/mol. The number of carbonyl (C=O) groups excluding carboxylic acids is 1. The fourth-order valence-electron chi connectivity index (χ4n) is 1.84. The Bertz CT molecular complexity index is 361. The molecule has 1 rings (SSSR count). The number of nitrogens with zero attached hydrogens (tertiary/aromatic N) is 2. The number of urea groups is 1. The summed E-state index contributed by atoms with van der Waals surface area (Å²) in [6, 6.07) is 2.19. The van der Waals surface area contributed by atoms with Gasteiger partial charge in [-0.2, -0.15) is 5.26 Å².